The van der Waals surface area contributed by atoms with Crippen molar-refractivity contribution in [3.8, 4) is 17.7 Å². The first-order valence-electron chi connectivity index (χ1n) is 4.01. The molecule has 1 heterocycles. The molecule has 0 aliphatic carbocycles. The zero-order valence-corrected chi connectivity index (χ0v) is 7.78. The number of anilines is 1. The van der Waals surface area contributed by atoms with Crippen LogP contribution < -0.4 is 10.5 Å². The normalized spacial score (nSPS) is 8.64. The molecule has 4 heteroatoms. The molecule has 0 saturated heterocycles. The molecule has 0 fully saturated rings. The maximum Gasteiger partial charge on any atom is 0.238 e. The van der Waals surface area contributed by atoms with E-state index >= 15 is 0 Å². The highest BCUT2D eigenvalue weighted by atomic mass is 16.5. The van der Waals surface area contributed by atoms with Crippen molar-refractivity contribution in [2.24, 2.45) is 0 Å². The fraction of sp³-hybridized carbons (Fsp3) is 0.200. The molecule has 0 spiro atoms. The van der Waals surface area contributed by atoms with E-state index in [1.165, 1.54) is 7.11 Å². The second-order valence-corrected chi connectivity index (χ2v) is 2.47. The number of hydrogen-bond donors (Lipinski definition) is 1. The smallest absolute Gasteiger partial charge is 0.238 e. The van der Waals surface area contributed by atoms with E-state index in [2.05, 4.69) is 16.8 Å². The van der Waals surface area contributed by atoms with Crippen LogP contribution in [0.4, 0.5) is 5.69 Å². The Balaban J connectivity index is 2.91. The molecule has 14 heavy (non-hydrogen) atoms. The van der Waals surface area contributed by atoms with Crippen molar-refractivity contribution < 1.29 is 9.53 Å². The Morgan fingerprint density at radius 3 is 3.07 bits per heavy atom. The van der Waals surface area contributed by atoms with Gasteiger partial charge in [0.2, 0.25) is 5.88 Å². The van der Waals surface area contributed by atoms with E-state index in [0.29, 0.717) is 17.3 Å². The van der Waals surface area contributed by atoms with Gasteiger partial charge in [0.05, 0.1) is 19.2 Å². The van der Waals surface area contributed by atoms with Gasteiger partial charge >= 0.3 is 0 Å². The Kier molecular flexibility index (Phi) is 3.50. The number of nitrogen functional groups attached to an aromatic ring is 1. The lowest BCUT2D eigenvalue weighted by Gasteiger charge is -2.01. The molecule has 72 valence electrons. The van der Waals surface area contributed by atoms with Gasteiger partial charge in [-0.3, -0.25) is 0 Å². The lowest BCUT2D eigenvalue weighted by Crippen LogP contribution is -1.96. The van der Waals surface area contributed by atoms with Crippen molar-refractivity contribution in [3.05, 3.63) is 17.8 Å². The van der Waals surface area contributed by atoms with Crippen LogP contribution in [0.1, 0.15) is 12.1 Å². The first-order valence-corrected chi connectivity index (χ1v) is 4.01. The lowest BCUT2D eigenvalue weighted by atomic mass is 10.3. The largest absolute Gasteiger partial charge is 0.479 e. The minimum Gasteiger partial charge on any atom is -0.479 e. The summed E-state index contributed by atoms with van der Waals surface area (Å²) >= 11 is 0. The molecule has 0 aromatic carbocycles. The molecule has 0 aliphatic rings. The number of rotatable bonds is 2. The monoisotopic (exact) mass is 190 g/mol. The minimum atomic E-state index is 0.203. The van der Waals surface area contributed by atoms with Gasteiger partial charge in [-0.05, 0) is 18.1 Å². The number of carbonyl (C=O) groups is 1. The summed E-state index contributed by atoms with van der Waals surface area (Å²) in [5, 5.41) is 0. The molecular formula is C10H10N2O2. The number of ether oxygens (including phenoxy) is 1. The number of aromatic nitrogens is 1. The van der Waals surface area contributed by atoms with Gasteiger partial charge in [-0.2, -0.15) is 0 Å². The van der Waals surface area contributed by atoms with Crippen molar-refractivity contribution in [3.63, 3.8) is 0 Å². The van der Waals surface area contributed by atoms with E-state index < -0.39 is 0 Å². The van der Waals surface area contributed by atoms with Crippen molar-refractivity contribution in [2.75, 3.05) is 12.8 Å². The molecule has 4 nitrogen and oxygen atoms in total. The second-order valence-electron chi connectivity index (χ2n) is 2.47. The Bertz CT molecular complexity index is 391. The SMILES string of the molecule is COc1nc(C#CCC=O)ccc1N. The third-order valence-corrected chi connectivity index (χ3v) is 1.48. The molecule has 0 bridgehead atoms. The van der Waals surface area contributed by atoms with Gasteiger partial charge < -0.3 is 15.3 Å². The van der Waals surface area contributed by atoms with Crippen LogP contribution in [-0.4, -0.2) is 18.4 Å². The van der Waals surface area contributed by atoms with Crippen LogP contribution in [0.15, 0.2) is 12.1 Å². The molecule has 1 aromatic rings. The Morgan fingerprint density at radius 1 is 1.64 bits per heavy atom. The van der Waals surface area contributed by atoms with Crippen LogP contribution in [0.2, 0.25) is 0 Å². The maximum absolute atomic E-state index is 10.0. The third kappa shape index (κ3) is 2.49. The van der Waals surface area contributed by atoms with E-state index in [1.54, 1.807) is 12.1 Å². The molecule has 1 aromatic heterocycles. The summed E-state index contributed by atoms with van der Waals surface area (Å²) in [5.74, 6) is 5.71. The molecule has 0 amide bonds. The molecular weight excluding hydrogens is 180 g/mol. The topological polar surface area (TPSA) is 65.2 Å². The molecule has 0 atom stereocenters. The lowest BCUT2D eigenvalue weighted by molar-refractivity contribution is -0.107. The zero-order chi connectivity index (χ0) is 10.4. The molecule has 2 N–H and O–H groups in total. The molecule has 0 unspecified atom stereocenters. The highest BCUT2D eigenvalue weighted by Crippen LogP contribution is 2.16. The molecule has 0 aliphatic heterocycles. The number of aldehydes is 1. The summed E-state index contributed by atoms with van der Waals surface area (Å²) in [6.07, 6.45) is 0.940. The van der Waals surface area contributed by atoms with E-state index in [0.717, 1.165) is 6.29 Å². The summed E-state index contributed by atoms with van der Waals surface area (Å²) in [6.45, 7) is 0. The number of nitrogens with two attached hydrogens (primary N) is 1. The third-order valence-electron chi connectivity index (χ3n) is 1.48. The number of nitrogens with zero attached hydrogens (tertiary/aromatic N) is 1. The summed E-state index contributed by atoms with van der Waals surface area (Å²) in [6, 6.07) is 3.34. The van der Waals surface area contributed by atoms with Crippen LogP contribution in [0.3, 0.4) is 0 Å². The van der Waals surface area contributed by atoms with Crippen LogP contribution in [0.5, 0.6) is 5.88 Å². The zero-order valence-electron chi connectivity index (χ0n) is 7.78. The van der Waals surface area contributed by atoms with Crippen LogP contribution in [-0.2, 0) is 4.79 Å². The summed E-state index contributed by atoms with van der Waals surface area (Å²) < 4.78 is 4.92. The van der Waals surface area contributed by atoms with Crippen molar-refractivity contribution in [1.29, 1.82) is 0 Å². The van der Waals surface area contributed by atoms with Gasteiger partial charge in [-0.15, -0.1) is 0 Å². The van der Waals surface area contributed by atoms with Crippen LogP contribution in [0, 0.1) is 11.8 Å². The highest BCUT2D eigenvalue weighted by molar-refractivity contribution is 5.55. The predicted octanol–water partition coefficient (Wildman–Crippen LogP) is 0.613. The number of methoxy groups -OCH3 is 1. The van der Waals surface area contributed by atoms with Gasteiger partial charge in [0.1, 0.15) is 12.0 Å². The van der Waals surface area contributed by atoms with Gasteiger partial charge in [0, 0.05) is 0 Å². The summed E-state index contributed by atoms with van der Waals surface area (Å²) in [4.78, 5) is 14.0. The van der Waals surface area contributed by atoms with Gasteiger partial charge in [-0.1, -0.05) is 5.92 Å². The average Bonchev–Trinajstić information content (AvgIpc) is 2.21. The van der Waals surface area contributed by atoms with Crippen molar-refractivity contribution in [1.82, 2.24) is 4.98 Å². The molecule has 0 saturated carbocycles. The summed E-state index contributed by atoms with van der Waals surface area (Å²) in [7, 11) is 1.49. The first kappa shape index (κ1) is 10.1. The van der Waals surface area contributed by atoms with Crippen molar-refractivity contribution >= 4 is 12.0 Å². The van der Waals surface area contributed by atoms with E-state index in [-0.39, 0.29) is 6.42 Å². The van der Waals surface area contributed by atoms with Gasteiger partial charge in [0.15, 0.2) is 0 Å². The van der Waals surface area contributed by atoms with Crippen molar-refractivity contribution in [2.45, 2.75) is 6.42 Å². The number of hydrogen-bond acceptors (Lipinski definition) is 4. The highest BCUT2D eigenvalue weighted by Gasteiger charge is 1.99. The van der Waals surface area contributed by atoms with Crippen LogP contribution in [0.25, 0.3) is 0 Å². The Morgan fingerprint density at radius 2 is 2.43 bits per heavy atom. The standard InChI is InChI=1S/C10H10N2O2/c1-14-10-9(11)6-5-8(12-10)4-2-3-7-13/h5-7H,3,11H2,1H3. The van der Waals surface area contributed by atoms with Gasteiger partial charge in [-0.25, -0.2) is 4.98 Å². The number of carbonyl (C=O) groups excluding carboxylic acids is 1. The van der Waals surface area contributed by atoms with E-state index in [4.69, 9.17) is 10.5 Å². The Labute approximate surface area is 82.1 Å². The first-order chi connectivity index (χ1) is 6.77. The van der Waals surface area contributed by atoms with Crippen LogP contribution >= 0.6 is 0 Å². The maximum atomic E-state index is 10.0. The summed E-state index contributed by atoms with van der Waals surface area (Å²) in [5.41, 5.74) is 6.57. The van der Waals surface area contributed by atoms with Gasteiger partial charge in [0.25, 0.3) is 0 Å². The fourth-order valence-corrected chi connectivity index (χ4v) is 0.868. The average molecular weight is 190 g/mol. The predicted molar refractivity (Wildman–Crippen MR) is 52.8 cm³/mol. The van der Waals surface area contributed by atoms with E-state index in [1.807, 2.05) is 0 Å². The quantitative estimate of drug-likeness (QED) is 0.548. The molecule has 0 radical (unpaired) electrons. The second kappa shape index (κ2) is 4.87. The molecule has 1 rings (SSSR count). The van der Waals surface area contributed by atoms with E-state index in [9.17, 15) is 4.79 Å². The number of pyridine rings is 1. The Hall–Kier alpha value is -2.02. The fourth-order valence-electron chi connectivity index (χ4n) is 0.868. The minimum absolute atomic E-state index is 0.203.